The van der Waals surface area contributed by atoms with E-state index in [0.717, 1.165) is 25.9 Å². The zero-order valence-corrected chi connectivity index (χ0v) is 11.9. The Balaban J connectivity index is 1.97. The molecule has 0 aliphatic carbocycles. The van der Waals surface area contributed by atoms with Crippen LogP contribution in [0.5, 0.6) is 11.8 Å². The van der Waals surface area contributed by atoms with Gasteiger partial charge < -0.3 is 14.2 Å². The van der Waals surface area contributed by atoms with Gasteiger partial charge in [-0.05, 0) is 25.7 Å². The Kier molecular flexibility index (Phi) is 5.29. The molecule has 2 rings (SSSR count). The highest BCUT2D eigenvalue weighted by atomic mass is 16.5. The maximum absolute atomic E-state index is 12.2. The smallest absolute Gasteiger partial charge is 0.246 e. The third kappa shape index (κ3) is 3.66. The summed E-state index contributed by atoms with van der Waals surface area (Å²) >= 11 is 0. The molecular weight excluding hydrogens is 260 g/mol. The number of hydrogen-bond acceptors (Lipinski definition) is 6. The van der Waals surface area contributed by atoms with Crippen LogP contribution in [-0.4, -0.2) is 42.7 Å². The van der Waals surface area contributed by atoms with Crippen LogP contribution in [0.15, 0.2) is 6.20 Å². The molecule has 1 aromatic rings. The molecule has 0 N–H and O–H groups in total. The van der Waals surface area contributed by atoms with Crippen molar-refractivity contribution in [3.8, 4) is 11.8 Å². The van der Waals surface area contributed by atoms with Crippen molar-refractivity contribution in [2.75, 3.05) is 20.8 Å². The summed E-state index contributed by atoms with van der Waals surface area (Å²) in [6, 6.07) is 0. The Bertz CT molecular complexity index is 458. The second kappa shape index (κ2) is 7.19. The van der Waals surface area contributed by atoms with Crippen molar-refractivity contribution in [2.45, 2.75) is 38.2 Å². The fourth-order valence-corrected chi connectivity index (χ4v) is 2.23. The molecule has 1 fully saturated rings. The summed E-state index contributed by atoms with van der Waals surface area (Å²) in [5.41, 5.74) is 0.254. The summed E-state index contributed by atoms with van der Waals surface area (Å²) in [5, 5.41) is 0. The molecule has 0 bridgehead atoms. The van der Waals surface area contributed by atoms with Crippen molar-refractivity contribution < 1.29 is 19.0 Å². The van der Waals surface area contributed by atoms with Gasteiger partial charge in [0.05, 0.1) is 26.5 Å². The van der Waals surface area contributed by atoms with Gasteiger partial charge in [0.1, 0.15) is 0 Å². The normalized spacial score (nSPS) is 18.6. The minimum Gasteiger partial charge on any atom is -0.480 e. The lowest BCUT2D eigenvalue weighted by Gasteiger charge is -2.22. The number of aromatic nitrogens is 2. The van der Waals surface area contributed by atoms with Crippen LogP contribution >= 0.6 is 0 Å². The molecule has 0 spiro atoms. The van der Waals surface area contributed by atoms with E-state index in [0.29, 0.717) is 12.3 Å². The van der Waals surface area contributed by atoms with Gasteiger partial charge in [-0.15, -0.1) is 0 Å². The number of nitrogens with zero attached hydrogens (tertiary/aromatic N) is 2. The zero-order chi connectivity index (χ0) is 14.4. The van der Waals surface area contributed by atoms with Gasteiger partial charge in [-0.2, -0.15) is 4.98 Å². The highest BCUT2D eigenvalue weighted by Gasteiger charge is 2.20. The van der Waals surface area contributed by atoms with E-state index in [2.05, 4.69) is 9.97 Å². The molecule has 0 radical (unpaired) electrons. The number of methoxy groups -OCH3 is 2. The second-order valence-electron chi connectivity index (χ2n) is 4.72. The van der Waals surface area contributed by atoms with Gasteiger partial charge in [-0.1, -0.05) is 0 Å². The van der Waals surface area contributed by atoms with E-state index in [1.165, 1.54) is 26.8 Å². The van der Waals surface area contributed by atoms with Crippen molar-refractivity contribution in [2.24, 2.45) is 0 Å². The molecule has 0 aromatic carbocycles. The Morgan fingerprint density at radius 3 is 2.90 bits per heavy atom. The number of hydrogen-bond donors (Lipinski definition) is 0. The Labute approximate surface area is 118 Å². The molecular formula is C14H20N2O4. The lowest BCUT2D eigenvalue weighted by molar-refractivity contribution is 0.0104. The maximum Gasteiger partial charge on any atom is 0.246 e. The summed E-state index contributed by atoms with van der Waals surface area (Å²) in [4.78, 5) is 20.3. The molecule has 0 amide bonds. The largest absolute Gasteiger partial charge is 0.480 e. The quantitative estimate of drug-likeness (QED) is 0.742. The predicted molar refractivity (Wildman–Crippen MR) is 72.3 cm³/mol. The molecule has 1 unspecified atom stereocenters. The van der Waals surface area contributed by atoms with Gasteiger partial charge in [-0.25, -0.2) is 4.98 Å². The summed E-state index contributed by atoms with van der Waals surface area (Å²) in [5.74, 6) is 0.458. The van der Waals surface area contributed by atoms with Gasteiger partial charge in [0.25, 0.3) is 0 Å². The van der Waals surface area contributed by atoms with Crippen LogP contribution < -0.4 is 9.47 Å². The molecule has 20 heavy (non-hydrogen) atoms. The number of carbonyl (C=O) groups excluding carboxylic acids is 1. The van der Waals surface area contributed by atoms with E-state index in [4.69, 9.17) is 14.2 Å². The van der Waals surface area contributed by atoms with E-state index in [1.807, 2.05) is 0 Å². The second-order valence-corrected chi connectivity index (χ2v) is 4.72. The Hall–Kier alpha value is -1.69. The molecule has 1 aliphatic heterocycles. The number of rotatable bonds is 6. The molecule has 2 heterocycles. The Morgan fingerprint density at radius 1 is 1.40 bits per heavy atom. The fourth-order valence-electron chi connectivity index (χ4n) is 2.23. The van der Waals surface area contributed by atoms with Gasteiger partial charge in [0.15, 0.2) is 11.5 Å². The standard InChI is InChI=1S/C14H20N2O4/c1-18-12-9-15-13(14(16-12)19-2)11(17)7-6-10-5-3-4-8-20-10/h9-10H,3-8H2,1-2H3. The molecule has 1 saturated heterocycles. The van der Waals surface area contributed by atoms with Crippen molar-refractivity contribution in [3.63, 3.8) is 0 Å². The van der Waals surface area contributed by atoms with Crippen LogP contribution in [0.2, 0.25) is 0 Å². The average Bonchev–Trinajstić information content (AvgIpc) is 2.52. The third-order valence-electron chi connectivity index (χ3n) is 3.35. The zero-order valence-electron chi connectivity index (χ0n) is 11.9. The van der Waals surface area contributed by atoms with Crippen LogP contribution in [0.1, 0.15) is 42.6 Å². The van der Waals surface area contributed by atoms with Crippen LogP contribution in [0.3, 0.4) is 0 Å². The summed E-state index contributed by atoms with van der Waals surface area (Å²) in [6.07, 6.45) is 6.03. The number of carbonyl (C=O) groups is 1. The van der Waals surface area contributed by atoms with Crippen LogP contribution in [0.4, 0.5) is 0 Å². The highest BCUT2D eigenvalue weighted by molar-refractivity contribution is 5.96. The van der Waals surface area contributed by atoms with Gasteiger partial charge in [-0.3, -0.25) is 4.79 Å². The summed E-state index contributed by atoms with van der Waals surface area (Å²) < 4.78 is 15.7. The van der Waals surface area contributed by atoms with Crippen LogP contribution in [0.25, 0.3) is 0 Å². The molecule has 6 heteroatoms. The van der Waals surface area contributed by atoms with E-state index in [1.54, 1.807) is 0 Å². The van der Waals surface area contributed by atoms with Crippen molar-refractivity contribution in [3.05, 3.63) is 11.9 Å². The number of ketones is 1. The first-order valence-electron chi connectivity index (χ1n) is 6.84. The SMILES string of the molecule is COc1cnc(C(=O)CCC2CCCCO2)c(OC)n1. The van der Waals surface area contributed by atoms with Crippen molar-refractivity contribution in [1.82, 2.24) is 9.97 Å². The van der Waals surface area contributed by atoms with E-state index in [9.17, 15) is 4.79 Å². The molecule has 1 aromatic heterocycles. The molecule has 110 valence electrons. The molecule has 1 atom stereocenters. The van der Waals surface area contributed by atoms with E-state index in [-0.39, 0.29) is 23.5 Å². The monoisotopic (exact) mass is 280 g/mol. The molecule has 6 nitrogen and oxygen atoms in total. The van der Waals surface area contributed by atoms with Gasteiger partial charge in [0, 0.05) is 13.0 Å². The molecule has 0 saturated carbocycles. The van der Waals surface area contributed by atoms with E-state index >= 15 is 0 Å². The average molecular weight is 280 g/mol. The molecule has 1 aliphatic rings. The van der Waals surface area contributed by atoms with Crippen LogP contribution in [-0.2, 0) is 4.74 Å². The lowest BCUT2D eigenvalue weighted by atomic mass is 10.0. The van der Waals surface area contributed by atoms with Crippen molar-refractivity contribution in [1.29, 1.82) is 0 Å². The first kappa shape index (κ1) is 14.7. The minimum absolute atomic E-state index is 0.0776. The minimum atomic E-state index is -0.0776. The van der Waals surface area contributed by atoms with Gasteiger partial charge >= 0.3 is 0 Å². The first-order valence-corrected chi connectivity index (χ1v) is 6.84. The van der Waals surface area contributed by atoms with Gasteiger partial charge in [0.2, 0.25) is 11.8 Å². The summed E-state index contributed by atoms with van der Waals surface area (Å²) in [7, 11) is 2.95. The Morgan fingerprint density at radius 2 is 2.25 bits per heavy atom. The topological polar surface area (TPSA) is 70.5 Å². The van der Waals surface area contributed by atoms with E-state index < -0.39 is 0 Å². The van der Waals surface area contributed by atoms with Crippen molar-refractivity contribution >= 4 is 5.78 Å². The number of ether oxygens (including phenoxy) is 3. The summed E-state index contributed by atoms with van der Waals surface area (Å²) in [6.45, 7) is 0.796. The first-order chi connectivity index (χ1) is 9.74. The number of Topliss-reactive ketones (excluding diaryl/α,β-unsaturated/α-hetero) is 1. The predicted octanol–water partition coefficient (Wildman–Crippen LogP) is 2.03. The highest BCUT2D eigenvalue weighted by Crippen LogP contribution is 2.21. The fraction of sp³-hybridized carbons (Fsp3) is 0.643. The maximum atomic E-state index is 12.2. The van der Waals surface area contributed by atoms with Crippen LogP contribution in [0, 0.1) is 0 Å². The third-order valence-corrected chi connectivity index (χ3v) is 3.35. The lowest BCUT2D eigenvalue weighted by Crippen LogP contribution is -2.20.